The Morgan fingerprint density at radius 2 is 1.62 bits per heavy atom. The molecule has 2 aromatic carbocycles. The lowest BCUT2D eigenvalue weighted by Gasteiger charge is -2.44. The van der Waals surface area contributed by atoms with E-state index in [1.54, 1.807) is 12.1 Å². The summed E-state index contributed by atoms with van der Waals surface area (Å²) in [6.45, 7) is -1.11. The van der Waals surface area contributed by atoms with Crippen LogP contribution in [0.3, 0.4) is 0 Å². The maximum atomic E-state index is 12.8. The summed E-state index contributed by atoms with van der Waals surface area (Å²) in [7, 11) is 0. The van der Waals surface area contributed by atoms with Gasteiger partial charge in [0, 0.05) is 12.1 Å². The smallest absolute Gasteiger partial charge is 0.229 e. The van der Waals surface area contributed by atoms with E-state index in [0.717, 1.165) is 6.07 Å². The van der Waals surface area contributed by atoms with Crippen LogP contribution < -0.4 is 9.47 Å². The van der Waals surface area contributed by atoms with Crippen LogP contribution in [0.15, 0.2) is 36.4 Å². The number of carbonyl (C=O) groups is 1. The van der Waals surface area contributed by atoms with Crippen LogP contribution in [-0.4, -0.2) is 115 Å². The summed E-state index contributed by atoms with van der Waals surface area (Å²) in [6, 6.07) is 8.49. The van der Waals surface area contributed by atoms with Gasteiger partial charge in [-0.2, -0.15) is 0 Å². The topological polar surface area (TPSA) is 225 Å². The Bertz CT molecular complexity index is 1200. The van der Waals surface area contributed by atoms with Gasteiger partial charge in [0.25, 0.3) is 0 Å². The molecule has 0 spiro atoms. The monoisotopic (exact) mass is 566 g/mol. The predicted octanol–water partition coefficient (Wildman–Crippen LogP) is -1.55. The summed E-state index contributed by atoms with van der Waals surface area (Å²) >= 11 is 0. The highest BCUT2D eigenvalue weighted by molar-refractivity contribution is 6.02. The molecule has 3 aliphatic heterocycles. The van der Waals surface area contributed by atoms with Crippen molar-refractivity contribution in [2.75, 3.05) is 13.2 Å². The standard InChI is InChI=1S/C26H30O14/c27-8-18-21(33)22(34)24(40-25-23(35)20(32)15(31)9-36-25)26(39-18)37-12-5-13(29)19-14(30)7-16(38-17(19)6-12)10-1-3-11(28)4-2-10/h1-6,15-16,18,20-29,31-35H,7-9H2/t15-,16?,18?,20?,21+,22?,23?,24?,25-,26+/m0/s1. The average molecular weight is 567 g/mol. The van der Waals surface area contributed by atoms with Crippen molar-refractivity contribution in [3.05, 3.63) is 47.5 Å². The van der Waals surface area contributed by atoms with Crippen LogP contribution in [-0.2, 0) is 14.2 Å². The number of ether oxygens (including phenoxy) is 5. The van der Waals surface area contributed by atoms with Crippen molar-refractivity contribution in [3.8, 4) is 23.0 Å². The molecule has 14 heteroatoms. The van der Waals surface area contributed by atoms with E-state index in [1.807, 2.05) is 0 Å². The largest absolute Gasteiger partial charge is 0.508 e. The Balaban J connectivity index is 1.40. The second kappa shape index (κ2) is 11.4. The fraction of sp³-hybridized carbons (Fsp3) is 0.500. The van der Waals surface area contributed by atoms with Crippen molar-refractivity contribution in [2.24, 2.45) is 0 Å². The number of benzene rings is 2. The molecule has 218 valence electrons. The van der Waals surface area contributed by atoms with Gasteiger partial charge < -0.3 is 64.5 Å². The van der Waals surface area contributed by atoms with Crippen LogP contribution in [0.4, 0.5) is 0 Å². The first-order valence-electron chi connectivity index (χ1n) is 12.5. The number of rotatable bonds is 6. The maximum absolute atomic E-state index is 12.8. The molecule has 0 bridgehead atoms. The molecule has 0 radical (unpaired) electrons. The minimum atomic E-state index is -1.74. The molecule has 0 saturated carbocycles. The molecule has 5 rings (SSSR count). The third-order valence-electron chi connectivity index (χ3n) is 7.06. The molecule has 2 fully saturated rings. The molecule has 10 atom stereocenters. The molecule has 3 heterocycles. The molecule has 2 saturated heterocycles. The molecule has 40 heavy (non-hydrogen) atoms. The zero-order valence-corrected chi connectivity index (χ0v) is 20.9. The summed E-state index contributed by atoms with van der Waals surface area (Å²) in [5, 5.41) is 80.9. The summed E-state index contributed by atoms with van der Waals surface area (Å²) in [6.07, 6.45) is -14.9. The highest BCUT2D eigenvalue weighted by Crippen LogP contribution is 2.43. The summed E-state index contributed by atoms with van der Waals surface area (Å²) < 4.78 is 28.2. The molecular weight excluding hydrogens is 536 g/mol. The number of aliphatic hydroxyl groups is 6. The van der Waals surface area contributed by atoms with E-state index in [0.29, 0.717) is 5.56 Å². The Hall–Kier alpha value is -3.05. The van der Waals surface area contributed by atoms with E-state index < -0.39 is 86.2 Å². The molecule has 2 aromatic rings. The average Bonchev–Trinajstić information content (AvgIpc) is 2.92. The lowest BCUT2D eigenvalue weighted by Crippen LogP contribution is -2.63. The first-order chi connectivity index (χ1) is 19.1. The van der Waals surface area contributed by atoms with Gasteiger partial charge in [-0.3, -0.25) is 4.79 Å². The van der Waals surface area contributed by atoms with Gasteiger partial charge in [0.1, 0.15) is 71.3 Å². The molecule has 0 aromatic heterocycles. The van der Waals surface area contributed by atoms with E-state index in [1.165, 1.54) is 18.2 Å². The van der Waals surface area contributed by atoms with Crippen LogP contribution in [0.2, 0.25) is 0 Å². The van der Waals surface area contributed by atoms with Gasteiger partial charge in [0.15, 0.2) is 18.2 Å². The van der Waals surface area contributed by atoms with Gasteiger partial charge in [-0.05, 0) is 17.7 Å². The first-order valence-corrected chi connectivity index (χ1v) is 12.5. The normalized spacial score (nSPS) is 36.0. The second-order valence-electron chi connectivity index (χ2n) is 9.82. The van der Waals surface area contributed by atoms with Crippen molar-refractivity contribution >= 4 is 5.78 Å². The molecule has 0 aliphatic carbocycles. The Morgan fingerprint density at radius 3 is 2.33 bits per heavy atom. The SMILES string of the molecule is O=C1CC(c2ccc(O)cc2)Oc2cc(O[C@@H]3OC(CO)[C@@H](O)C(O)C3O[C@@H]3OC[C@H](O)C(O)C3O)cc(O)c21. The fourth-order valence-corrected chi connectivity index (χ4v) is 4.84. The Labute approximate surface area is 227 Å². The molecule has 14 nitrogen and oxygen atoms in total. The van der Waals surface area contributed by atoms with Crippen molar-refractivity contribution in [2.45, 2.75) is 67.8 Å². The van der Waals surface area contributed by atoms with E-state index in [2.05, 4.69) is 0 Å². The number of hydrogen-bond donors (Lipinski definition) is 8. The van der Waals surface area contributed by atoms with Gasteiger partial charge in [0.05, 0.1) is 19.6 Å². The van der Waals surface area contributed by atoms with Crippen molar-refractivity contribution < 1.29 is 69.3 Å². The lowest BCUT2D eigenvalue weighted by molar-refractivity contribution is -0.344. The minimum Gasteiger partial charge on any atom is -0.508 e. The number of fused-ring (bicyclic) bond motifs is 1. The van der Waals surface area contributed by atoms with Gasteiger partial charge in [0.2, 0.25) is 6.29 Å². The highest BCUT2D eigenvalue weighted by atomic mass is 16.8. The molecule has 6 unspecified atom stereocenters. The van der Waals surface area contributed by atoms with E-state index in [4.69, 9.17) is 23.7 Å². The van der Waals surface area contributed by atoms with Crippen molar-refractivity contribution in [1.29, 1.82) is 0 Å². The number of ketones is 1. The van der Waals surface area contributed by atoms with Crippen LogP contribution in [0.5, 0.6) is 23.0 Å². The number of hydrogen-bond acceptors (Lipinski definition) is 14. The summed E-state index contributed by atoms with van der Waals surface area (Å²) in [5.41, 5.74) is 0.530. The molecular formula is C26H30O14. The number of carbonyl (C=O) groups excluding carboxylic acids is 1. The number of aromatic hydroxyl groups is 2. The zero-order valence-electron chi connectivity index (χ0n) is 20.9. The van der Waals surface area contributed by atoms with Gasteiger partial charge >= 0.3 is 0 Å². The zero-order chi connectivity index (χ0) is 28.7. The molecule has 3 aliphatic rings. The minimum absolute atomic E-state index is 0.0139. The van der Waals surface area contributed by atoms with Crippen LogP contribution in [0, 0.1) is 0 Å². The number of aliphatic hydroxyl groups excluding tert-OH is 6. The Kier molecular flexibility index (Phi) is 8.15. The maximum Gasteiger partial charge on any atom is 0.229 e. The molecule has 8 N–H and O–H groups in total. The third-order valence-corrected chi connectivity index (χ3v) is 7.06. The van der Waals surface area contributed by atoms with Gasteiger partial charge in [-0.25, -0.2) is 0 Å². The number of phenolic OH excluding ortho intramolecular Hbond substituents is 2. The predicted molar refractivity (Wildman–Crippen MR) is 130 cm³/mol. The number of Topliss-reactive ketones (excluding diaryl/α,β-unsaturated/α-hetero) is 1. The quantitative estimate of drug-likeness (QED) is 0.198. The highest BCUT2D eigenvalue weighted by Gasteiger charge is 2.50. The van der Waals surface area contributed by atoms with Gasteiger partial charge in [-0.1, -0.05) is 12.1 Å². The Morgan fingerprint density at radius 1 is 0.900 bits per heavy atom. The lowest BCUT2D eigenvalue weighted by atomic mass is 9.95. The number of phenols is 2. The van der Waals surface area contributed by atoms with Crippen LogP contribution in [0.25, 0.3) is 0 Å². The third kappa shape index (κ3) is 5.45. The van der Waals surface area contributed by atoms with Crippen molar-refractivity contribution in [1.82, 2.24) is 0 Å². The first kappa shape index (κ1) is 28.5. The van der Waals surface area contributed by atoms with Crippen molar-refractivity contribution in [3.63, 3.8) is 0 Å². The molecule has 0 amide bonds. The van der Waals surface area contributed by atoms with E-state index in [-0.39, 0.29) is 29.2 Å². The van der Waals surface area contributed by atoms with Crippen LogP contribution >= 0.6 is 0 Å². The second-order valence-corrected chi connectivity index (χ2v) is 9.82. The summed E-state index contributed by atoms with van der Waals surface area (Å²) in [4.78, 5) is 12.8. The van der Waals surface area contributed by atoms with E-state index in [9.17, 15) is 45.6 Å². The van der Waals surface area contributed by atoms with Crippen LogP contribution in [0.1, 0.15) is 28.4 Å². The van der Waals surface area contributed by atoms with Gasteiger partial charge in [-0.15, -0.1) is 0 Å². The van der Waals surface area contributed by atoms with E-state index >= 15 is 0 Å². The summed E-state index contributed by atoms with van der Waals surface area (Å²) in [5.74, 6) is -0.942. The fourth-order valence-electron chi connectivity index (χ4n) is 4.84.